The van der Waals surface area contributed by atoms with E-state index in [0.29, 0.717) is 11.8 Å². The molecule has 5 heteroatoms. The van der Waals surface area contributed by atoms with E-state index in [1.165, 1.54) is 11.3 Å². The molecule has 0 aromatic heterocycles. The largest absolute Gasteiger partial charge is 0.353 e. The predicted octanol–water partition coefficient (Wildman–Crippen LogP) is 1.47. The van der Waals surface area contributed by atoms with E-state index >= 15 is 0 Å². The lowest BCUT2D eigenvalue weighted by atomic mass is 9.78. The zero-order valence-electron chi connectivity index (χ0n) is 12.4. The molecule has 3 atom stereocenters. The second-order valence-corrected chi connectivity index (χ2v) is 6.13. The fourth-order valence-electron chi connectivity index (χ4n) is 3.15. The van der Waals surface area contributed by atoms with E-state index in [4.69, 9.17) is 0 Å². The van der Waals surface area contributed by atoms with Crippen LogP contribution in [0.25, 0.3) is 0 Å². The van der Waals surface area contributed by atoms with Crippen LogP contribution in [0.15, 0.2) is 0 Å². The molecular weight excluding hydrogens is 256 g/mol. The van der Waals surface area contributed by atoms with Gasteiger partial charge in [0.2, 0.25) is 17.7 Å². The minimum Gasteiger partial charge on any atom is -0.353 e. The average molecular weight is 280 g/mol. The summed E-state index contributed by atoms with van der Waals surface area (Å²) in [4.78, 5) is 36.1. The minimum atomic E-state index is -0.151. The van der Waals surface area contributed by atoms with Crippen LogP contribution in [0.1, 0.15) is 52.4 Å². The number of hydrogen-bond donors (Lipinski definition) is 1. The van der Waals surface area contributed by atoms with Crippen molar-refractivity contribution < 1.29 is 14.4 Å². The van der Waals surface area contributed by atoms with E-state index in [1.54, 1.807) is 0 Å². The van der Waals surface area contributed by atoms with Crippen molar-refractivity contribution in [1.82, 2.24) is 10.2 Å². The number of nitrogens with one attached hydrogen (secondary N) is 1. The van der Waals surface area contributed by atoms with Gasteiger partial charge in [0.15, 0.2) is 0 Å². The van der Waals surface area contributed by atoms with Crippen molar-refractivity contribution in [2.75, 3.05) is 6.54 Å². The standard InChI is InChI=1S/C15H24N2O3/c1-10-4-3-5-12(11(10)2)16-13(18)8-9-17-14(19)6-7-15(17)20/h10-12H,3-9H2,1-2H3,(H,16,18). The van der Waals surface area contributed by atoms with Gasteiger partial charge in [-0.15, -0.1) is 0 Å². The third-order valence-electron chi connectivity index (χ3n) is 4.77. The third kappa shape index (κ3) is 3.38. The molecule has 1 saturated carbocycles. The Bertz CT molecular complexity index is 392. The van der Waals surface area contributed by atoms with E-state index in [-0.39, 0.29) is 49.6 Å². The van der Waals surface area contributed by atoms with Gasteiger partial charge >= 0.3 is 0 Å². The SMILES string of the molecule is CC1CCCC(NC(=O)CCN2C(=O)CCC2=O)C1C. The number of nitrogens with zero attached hydrogens (tertiary/aromatic N) is 1. The van der Waals surface area contributed by atoms with Gasteiger partial charge in [-0.2, -0.15) is 0 Å². The van der Waals surface area contributed by atoms with Crippen molar-refractivity contribution in [2.45, 2.75) is 58.4 Å². The van der Waals surface area contributed by atoms with E-state index in [9.17, 15) is 14.4 Å². The van der Waals surface area contributed by atoms with Gasteiger partial charge in [-0.1, -0.05) is 26.7 Å². The highest BCUT2D eigenvalue weighted by Crippen LogP contribution is 2.29. The minimum absolute atomic E-state index is 0.0524. The predicted molar refractivity (Wildman–Crippen MR) is 74.7 cm³/mol. The van der Waals surface area contributed by atoms with E-state index in [0.717, 1.165) is 12.8 Å². The van der Waals surface area contributed by atoms with Crippen LogP contribution in [-0.2, 0) is 14.4 Å². The monoisotopic (exact) mass is 280 g/mol. The first kappa shape index (κ1) is 15.0. The van der Waals surface area contributed by atoms with Crippen molar-refractivity contribution >= 4 is 17.7 Å². The highest BCUT2D eigenvalue weighted by molar-refractivity contribution is 6.02. The summed E-state index contributed by atoms with van der Waals surface area (Å²) in [7, 11) is 0. The summed E-state index contributed by atoms with van der Waals surface area (Å²) in [5, 5.41) is 3.06. The van der Waals surface area contributed by atoms with Crippen LogP contribution in [0, 0.1) is 11.8 Å². The number of carbonyl (C=O) groups is 3. The van der Waals surface area contributed by atoms with E-state index < -0.39 is 0 Å². The molecule has 0 bridgehead atoms. The van der Waals surface area contributed by atoms with Gasteiger partial charge < -0.3 is 5.32 Å². The Kier molecular flexibility index (Phi) is 4.78. The lowest BCUT2D eigenvalue weighted by molar-refractivity contribution is -0.138. The fourth-order valence-corrected chi connectivity index (χ4v) is 3.15. The molecule has 3 unspecified atom stereocenters. The number of hydrogen-bond acceptors (Lipinski definition) is 3. The molecular formula is C15H24N2O3. The number of amides is 3. The van der Waals surface area contributed by atoms with Gasteiger partial charge in [-0.05, 0) is 18.3 Å². The molecule has 3 amide bonds. The highest BCUT2D eigenvalue weighted by atomic mass is 16.2. The third-order valence-corrected chi connectivity index (χ3v) is 4.77. The molecule has 112 valence electrons. The Balaban J connectivity index is 1.78. The molecule has 2 aliphatic rings. The number of likely N-dealkylation sites (tertiary alicyclic amines) is 1. The van der Waals surface area contributed by atoms with Crippen LogP contribution >= 0.6 is 0 Å². The number of rotatable bonds is 4. The normalized spacial score (nSPS) is 30.7. The first-order valence-electron chi connectivity index (χ1n) is 7.61. The summed E-state index contributed by atoms with van der Waals surface area (Å²) in [6.45, 7) is 4.63. The van der Waals surface area contributed by atoms with Crippen LogP contribution in [0.2, 0.25) is 0 Å². The van der Waals surface area contributed by atoms with Crippen LogP contribution < -0.4 is 5.32 Å². The van der Waals surface area contributed by atoms with Crippen molar-refractivity contribution in [3.05, 3.63) is 0 Å². The zero-order valence-corrected chi connectivity index (χ0v) is 12.4. The molecule has 1 aliphatic heterocycles. The maximum absolute atomic E-state index is 12.0. The Morgan fingerprint density at radius 1 is 1.20 bits per heavy atom. The molecule has 0 spiro atoms. The first-order valence-corrected chi connectivity index (χ1v) is 7.61. The van der Waals surface area contributed by atoms with Crippen LogP contribution in [0.5, 0.6) is 0 Å². The summed E-state index contributed by atoms with van der Waals surface area (Å²) in [5.74, 6) is 0.770. The topological polar surface area (TPSA) is 66.5 Å². The van der Waals surface area contributed by atoms with Gasteiger partial charge in [0.25, 0.3) is 0 Å². The van der Waals surface area contributed by atoms with Gasteiger partial charge in [-0.25, -0.2) is 0 Å². The Hall–Kier alpha value is -1.39. The molecule has 1 heterocycles. The smallest absolute Gasteiger partial charge is 0.229 e. The Labute approximate surface area is 120 Å². The maximum atomic E-state index is 12.0. The van der Waals surface area contributed by atoms with Gasteiger partial charge in [0, 0.05) is 31.8 Å². The summed E-state index contributed by atoms with van der Waals surface area (Å²) >= 11 is 0. The second-order valence-electron chi connectivity index (χ2n) is 6.13. The van der Waals surface area contributed by atoms with E-state index in [1.807, 2.05) is 0 Å². The summed E-state index contributed by atoms with van der Waals surface area (Å²) < 4.78 is 0. The van der Waals surface area contributed by atoms with Gasteiger partial charge in [-0.3, -0.25) is 19.3 Å². The summed E-state index contributed by atoms with van der Waals surface area (Å²) in [6, 6.07) is 0.233. The Morgan fingerprint density at radius 3 is 2.50 bits per heavy atom. The fraction of sp³-hybridized carbons (Fsp3) is 0.800. The maximum Gasteiger partial charge on any atom is 0.229 e. The van der Waals surface area contributed by atoms with Crippen molar-refractivity contribution in [1.29, 1.82) is 0 Å². The van der Waals surface area contributed by atoms with Crippen molar-refractivity contribution in [3.63, 3.8) is 0 Å². The molecule has 1 saturated heterocycles. The molecule has 1 aliphatic carbocycles. The van der Waals surface area contributed by atoms with Crippen LogP contribution in [-0.4, -0.2) is 35.2 Å². The summed E-state index contributed by atoms with van der Waals surface area (Å²) in [5.41, 5.74) is 0. The first-order chi connectivity index (χ1) is 9.49. The molecule has 1 N–H and O–H groups in total. The zero-order chi connectivity index (χ0) is 14.7. The van der Waals surface area contributed by atoms with Crippen molar-refractivity contribution in [3.8, 4) is 0 Å². The number of carbonyl (C=O) groups excluding carboxylic acids is 3. The van der Waals surface area contributed by atoms with Gasteiger partial charge in [0.1, 0.15) is 0 Å². The molecule has 0 aromatic carbocycles. The second kappa shape index (κ2) is 6.37. The number of imide groups is 1. The molecule has 20 heavy (non-hydrogen) atoms. The average Bonchev–Trinajstić information content (AvgIpc) is 2.72. The van der Waals surface area contributed by atoms with Gasteiger partial charge in [0.05, 0.1) is 0 Å². The Morgan fingerprint density at radius 2 is 1.85 bits per heavy atom. The molecule has 0 radical (unpaired) electrons. The quantitative estimate of drug-likeness (QED) is 0.793. The lowest BCUT2D eigenvalue weighted by Gasteiger charge is -2.34. The highest BCUT2D eigenvalue weighted by Gasteiger charge is 2.30. The van der Waals surface area contributed by atoms with E-state index in [2.05, 4.69) is 19.2 Å². The molecule has 5 nitrogen and oxygen atoms in total. The summed E-state index contributed by atoms with van der Waals surface area (Å²) in [6.07, 6.45) is 4.20. The van der Waals surface area contributed by atoms with Crippen molar-refractivity contribution in [2.24, 2.45) is 11.8 Å². The lowest BCUT2D eigenvalue weighted by Crippen LogP contribution is -2.44. The van der Waals surface area contributed by atoms with Crippen LogP contribution in [0.3, 0.4) is 0 Å². The molecule has 2 rings (SSSR count). The molecule has 0 aromatic rings. The van der Waals surface area contributed by atoms with Crippen LogP contribution in [0.4, 0.5) is 0 Å². The molecule has 2 fully saturated rings.